The Morgan fingerprint density at radius 3 is 2.18 bits per heavy atom. The first-order valence-electron chi connectivity index (χ1n) is 7.01. The van der Waals surface area contributed by atoms with E-state index in [1.807, 2.05) is 30.3 Å². The van der Waals surface area contributed by atoms with Crippen molar-refractivity contribution in [3.8, 4) is 11.1 Å². The number of hydrogen-bond donors (Lipinski definition) is 3. The zero-order valence-corrected chi connectivity index (χ0v) is 13.0. The molecule has 0 fully saturated rings. The van der Waals surface area contributed by atoms with E-state index in [4.69, 9.17) is 16.2 Å². The highest BCUT2D eigenvalue weighted by atomic mass is 16.6. The minimum Gasteiger partial charge on any atom is -0.444 e. The number of hydrogen-bond acceptors (Lipinski definition) is 4. The quantitative estimate of drug-likeness (QED) is 0.734. The lowest BCUT2D eigenvalue weighted by Crippen LogP contribution is -2.27. The number of amides is 1. The molecule has 2 aromatic carbocycles. The van der Waals surface area contributed by atoms with Crippen LogP contribution >= 0.6 is 0 Å². The van der Waals surface area contributed by atoms with Gasteiger partial charge in [-0.25, -0.2) is 4.79 Å². The smallest absolute Gasteiger partial charge is 0.412 e. The summed E-state index contributed by atoms with van der Waals surface area (Å²) in [6, 6.07) is 12.8. The molecule has 5 heteroatoms. The standard InChI is InChI=1S/C17H21N3O2/c1-17(2,3)22-16(21)20-15-12(8-6-10-14(15)19)11-7-4-5-9-13(11)18/h4-10H,18-19H2,1-3H3,(H,20,21). The van der Waals surface area contributed by atoms with Crippen molar-refractivity contribution < 1.29 is 9.53 Å². The Hall–Kier alpha value is -2.69. The molecule has 0 atom stereocenters. The Labute approximate surface area is 130 Å². The Bertz CT molecular complexity index is 691. The van der Waals surface area contributed by atoms with Gasteiger partial charge in [-0.3, -0.25) is 5.32 Å². The first kappa shape index (κ1) is 15.7. The van der Waals surface area contributed by atoms with Crippen molar-refractivity contribution >= 4 is 23.2 Å². The van der Waals surface area contributed by atoms with E-state index in [0.29, 0.717) is 17.1 Å². The molecule has 0 heterocycles. The van der Waals surface area contributed by atoms with E-state index in [1.54, 1.807) is 32.9 Å². The van der Waals surface area contributed by atoms with Crippen molar-refractivity contribution in [1.82, 2.24) is 0 Å². The molecule has 0 radical (unpaired) electrons. The van der Waals surface area contributed by atoms with Crippen LogP contribution in [0.2, 0.25) is 0 Å². The summed E-state index contributed by atoms with van der Waals surface area (Å²) in [5.74, 6) is 0. The third kappa shape index (κ3) is 3.69. The molecule has 0 saturated carbocycles. The van der Waals surface area contributed by atoms with Crippen molar-refractivity contribution in [2.75, 3.05) is 16.8 Å². The van der Waals surface area contributed by atoms with Gasteiger partial charge in [0.25, 0.3) is 0 Å². The molecule has 0 aromatic heterocycles. The van der Waals surface area contributed by atoms with E-state index in [0.717, 1.165) is 11.1 Å². The van der Waals surface area contributed by atoms with E-state index in [-0.39, 0.29) is 0 Å². The van der Waals surface area contributed by atoms with Gasteiger partial charge in [-0.2, -0.15) is 0 Å². The molecule has 0 aliphatic rings. The Balaban J connectivity index is 2.40. The maximum atomic E-state index is 12.0. The molecule has 0 aliphatic carbocycles. The number of para-hydroxylation sites is 2. The minimum absolute atomic E-state index is 0.451. The number of nitrogens with one attached hydrogen (secondary N) is 1. The summed E-state index contributed by atoms with van der Waals surface area (Å²) in [5.41, 5.74) is 14.6. The molecule has 22 heavy (non-hydrogen) atoms. The summed E-state index contributed by atoms with van der Waals surface area (Å²) in [6.45, 7) is 5.41. The van der Waals surface area contributed by atoms with Gasteiger partial charge < -0.3 is 16.2 Å². The summed E-state index contributed by atoms with van der Waals surface area (Å²) in [6.07, 6.45) is -0.554. The van der Waals surface area contributed by atoms with E-state index in [1.165, 1.54) is 0 Å². The molecule has 1 amide bonds. The number of anilines is 3. The molecule has 2 rings (SSSR count). The minimum atomic E-state index is -0.584. The van der Waals surface area contributed by atoms with Crippen LogP contribution in [0.5, 0.6) is 0 Å². The largest absolute Gasteiger partial charge is 0.444 e. The average molecular weight is 299 g/mol. The summed E-state index contributed by atoms with van der Waals surface area (Å²) in [4.78, 5) is 12.0. The summed E-state index contributed by atoms with van der Waals surface area (Å²) >= 11 is 0. The van der Waals surface area contributed by atoms with Gasteiger partial charge in [-0.15, -0.1) is 0 Å². The highest BCUT2D eigenvalue weighted by molar-refractivity contribution is 5.98. The Kier molecular flexibility index (Phi) is 4.26. The van der Waals surface area contributed by atoms with Gasteiger partial charge in [0, 0.05) is 16.8 Å². The second-order valence-corrected chi connectivity index (χ2v) is 5.98. The number of rotatable bonds is 2. The molecule has 0 bridgehead atoms. The molecule has 0 spiro atoms. The van der Waals surface area contributed by atoms with Gasteiger partial charge in [0.05, 0.1) is 11.4 Å². The number of ether oxygens (including phenoxy) is 1. The van der Waals surface area contributed by atoms with Gasteiger partial charge >= 0.3 is 6.09 Å². The van der Waals surface area contributed by atoms with Crippen molar-refractivity contribution in [2.45, 2.75) is 26.4 Å². The molecule has 5 nitrogen and oxygen atoms in total. The second-order valence-electron chi connectivity index (χ2n) is 5.98. The van der Waals surface area contributed by atoms with Gasteiger partial charge in [-0.1, -0.05) is 30.3 Å². The number of carbonyl (C=O) groups excluding carboxylic acids is 1. The maximum absolute atomic E-state index is 12.0. The number of benzene rings is 2. The molecule has 2 aromatic rings. The maximum Gasteiger partial charge on any atom is 0.412 e. The molecular formula is C17H21N3O2. The van der Waals surface area contributed by atoms with Crippen LogP contribution in [0.1, 0.15) is 20.8 Å². The number of nitrogens with two attached hydrogens (primary N) is 2. The predicted molar refractivity (Wildman–Crippen MR) is 90.6 cm³/mol. The van der Waals surface area contributed by atoms with Crippen molar-refractivity contribution in [2.24, 2.45) is 0 Å². The summed E-state index contributed by atoms with van der Waals surface area (Å²) in [5, 5.41) is 2.72. The zero-order chi connectivity index (χ0) is 16.3. The van der Waals surface area contributed by atoms with Gasteiger partial charge in [0.15, 0.2) is 0 Å². The van der Waals surface area contributed by atoms with Crippen molar-refractivity contribution in [3.63, 3.8) is 0 Å². The lowest BCUT2D eigenvalue weighted by Gasteiger charge is -2.21. The van der Waals surface area contributed by atoms with E-state index >= 15 is 0 Å². The first-order valence-corrected chi connectivity index (χ1v) is 7.01. The van der Waals surface area contributed by atoms with Gasteiger partial charge in [0.2, 0.25) is 0 Å². The summed E-state index contributed by atoms with van der Waals surface area (Å²) in [7, 11) is 0. The van der Waals surface area contributed by atoms with Crippen molar-refractivity contribution in [1.29, 1.82) is 0 Å². The first-order chi connectivity index (χ1) is 10.3. The van der Waals surface area contributed by atoms with Crippen LogP contribution in [0.25, 0.3) is 11.1 Å². The SMILES string of the molecule is CC(C)(C)OC(=O)Nc1c(N)cccc1-c1ccccc1N. The van der Waals surface area contributed by atoms with Crippen LogP contribution in [-0.2, 0) is 4.74 Å². The lowest BCUT2D eigenvalue weighted by molar-refractivity contribution is 0.0636. The number of nitrogen functional groups attached to an aromatic ring is 2. The van der Waals surface area contributed by atoms with Crippen LogP contribution in [-0.4, -0.2) is 11.7 Å². The Morgan fingerprint density at radius 1 is 0.955 bits per heavy atom. The molecule has 116 valence electrons. The van der Waals surface area contributed by atoms with Crippen LogP contribution in [0.15, 0.2) is 42.5 Å². The lowest BCUT2D eigenvalue weighted by atomic mass is 10.0. The molecule has 5 N–H and O–H groups in total. The average Bonchev–Trinajstić information content (AvgIpc) is 2.40. The summed E-state index contributed by atoms with van der Waals surface area (Å²) < 4.78 is 5.28. The molecular weight excluding hydrogens is 278 g/mol. The molecule has 0 saturated heterocycles. The van der Waals surface area contributed by atoms with E-state index in [2.05, 4.69) is 5.32 Å². The monoisotopic (exact) mass is 299 g/mol. The van der Waals surface area contributed by atoms with Gasteiger partial charge in [-0.05, 0) is 32.9 Å². The zero-order valence-electron chi connectivity index (χ0n) is 13.0. The molecule has 0 unspecified atom stereocenters. The van der Waals surface area contributed by atoms with E-state index in [9.17, 15) is 4.79 Å². The normalized spacial score (nSPS) is 11.0. The highest BCUT2D eigenvalue weighted by Gasteiger charge is 2.19. The third-order valence-corrected chi connectivity index (χ3v) is 2.97. The fourth-order valence-electron chi connectivity index (χ4n) is 2.08. The van der Waals surface area contributed by atoms with Crippen LogP contribution in [0, 0.1) is 0 Å². The van der Waals surface area contributed by atoms with Crippen LogP contribution in [0.4, 0.5) is 21.9 Å². The van der Waals surface area contributed by atoms with Crippen LogP contribution in [0.3, 0.4) is 0 Å². The molecule has 0 aliphatic heterocycles. The fraction of sp³-hybridized carbons (Fsp3) is 0.235. The van der Waals surface area contributed by atoms with E-state index < -0.39 is 11.7 Å². The third-order valence-electron chi connectivity index (χ3n) is 2.97. The van der Waals surface area contributed by atoms with Gasteiger partial charge in [0.1, 0.15) is 5.60 Å². The Morgan fingerprint density at radius 2 is 1.55 bits per heavy atom. The number of carbonyl (C=O) groups is 1. The predicted octanol–water partition coefficient (Wildman–Crippen LogP) is 3.87. The van der Waals surface area contributed by atoms with Crippen molar-refractivity contribution in [3.05, 3.63) is 42.5 Å². The topological polar surface area (TPSA) is 90.4 Å². The van der Waals surface area contributed by atoms with Crippen LogP contribution < -0.4 is 16.8 Å². The fourth-order valence-corrected chi connectivity index (χ4v) is 2.08. The second kappa shape index (κ2) is 5.97. The highest BCUT2D eigenvalue weighted by Crippen LogP contribution is 2.35.